The number of nitrogens with two attached hydrogens (primary N) is 1. The SMILES string of the molecule is COc1ccc2nc3c(cc2c1)c(N)nn3C(=O)c1ccccc1F. The standard InChI is InChI=1S/C18H13FN4O2/c1-25-11-6-7-15-10(8-11)9-13-16(20)22-23(17(13)21-15)18(24)12-4-2-3-5-14(12)19/h2-9H,1H3,(H2,20,22). The molecule has 0 saturated carbocycles. The van der Waals surface area contributed by atoms with Gasteiger partial charge < -0.3 is 10.5 Å². The van der Waals surface area contributed by atoms with Gasteiger partial charge in [0.2, 0.25) is 0 Å². The minimum Gasteiger partial charge on any atom is -0.497 e. The average molecular weight is 336 g/mol. The highest BCUT2D eigenvalue weighted by Gasteiger charge is 2.20. The summed E-state index contributed by atoms with van der Waals surface area (Å²) in [6.07, 6.45) is 0. The summed E-state index contributed by atoms with van der Waals surface area (Å²) in [6, 6.07) is 12.9. The third kappa shape index (κ3) is 2.37. The zero-order chi connectivity index (χ0) is 17.6. The number of halogens is 1. The van der Waals surface area contributed by atoms with Crippen molar-refractivity contribution in [3.8, 4) is 5.75 Å². The van der Waals surface area contributed by atoms with E-state index in [4.69, 9.17) is 10.5 Å². The molecule has 25 heavy (non-hydrogen) atoms. The van der Waals surface area contributed by atoms with Gasteiger partial charge in [0.15, 0.2) is 11.5 Å². The van der Waals surface area contributed by atoms with Crippen LogP contribution in [-0.4, -0.2) is 27.8 Å². The Kier molecular flexibility index (Phi) is 3.35. The molecule has 124 valence electrons. The van der Waals surface area contributed by atoms with E-state index in [1.807, 2.05) is 6.07 Å². The number of nitrogen functional groups attached to an aromatic ring is 1. The van der Waals surface area contributed by atoms with E-state index in [0.29, 0.717) is 16.7 Å². The van der Waals surface area contributed by atoms with Crippen LogP contribution in [0.3, 0.4) is 0 Å². The molecule has 0 amide bonds. The number of ether oxygens (including phenoxy) is 1. The van der Waals surface area contributed by atoms with E-state index < -0.39 is 11.7 Å². The molecule has 0 atom stereocenters. The number of anilines is 1. The van der Waals surface area contributed by atoms with Crippen molar-refractivity contribution in [3.05, 3.63) is 59.9 Å². The molecule has 0 saturated heterocycles. The second-order valence-corrected chi connectivity index (χ2v) is 5.50. The predicted molar refractivity (Wildman–Crippen MR) is 92.1 cm³/mol. The molecule has 4 rings (SSSR count). The lowest BCUT2D eigenvalue weighted by Crippen LogP contribution is -2.16. The highest BCUT2D eigenvalue weighted by Crippen LogP contribution is 2.27. The van der Waals surface area contributed by atoms with Gasteiger partial charge in [0, 0.05) is 5.39 Å². The molecular weight excluding hydrogens is 323 g/mol. The molecule has 0 aliphatic carbocycles. The van der Waals surface area contributed by atoms with Gasteiger partial charge in [-0.25, -0.2) is 9.37 Å². The van der Waals surface area contributed by atoms with Gasteiger partial charge in [0.25, 0.3) is 5.91 Å². The van der Waals surface area contributed by atoms with Gasteiger partial charge in [-0.2, -0.15) is 4.68 Å². The average Bonchev–Trinajstić information content (AvgIpc) is 2.95. The summed E-state index contributed by atoms with van der Waals surface area (Å²) in [5.41, 5.74) is 6.78. The quantitative estimate of drug-likeness (QED) is 0.608. The van der Waals surface area contributed by atoms with Gasteiger partial charge in [-0.15, -0.1) is 5.10 Å². The Morgan fingerprint density at radius 2 is 2.00 bits per heavy atom. The smallest absolute Gasteiger partial charge is 0.283 e. The van der Waals surface area contributed by atoms with E-state index in [1.165, 1.54) is 18.2 Å². The molecule has 2 N–H and O–H groups in total. The summed E-state index contributed by atoms with van der Waals surface area (Å²) >= 11 is 0. The van der Waals surface area contributed by atoms with Crippen molar-refractivity contribution in [1.29, 1.82) is 0 Å². The monoisotopic (exact) mass is 336 g/mol. The van der Waals surface area contributed by atoms with E-state index in [-0.39, 0.29) is 17.0 Å². The minimum absolute atomic E-state index is 0.0940. The van der Waals surface area contributed by atoms with Crippen LogP contribution in [0.1, 0.15) is 10.4 Å². The van der Waals surface area contributed by atoms with Crippen LogP contribution in [0.5, 0.6) is 5.75 Å². The Morgan fingerprint density at radius 3 is 2.76 bits per heavy atom. The Balaban J connectivity index is 1.95. The first-order valence-electron chi connectivity index (χ1n) is 7.50. The van der Waals surface area contributed by atoms with Crippen LogP contribution in [0.2, 0.25) is 0 Å². The molecule has 7 heteroatoms. The van der Waals surface area contributed by atoms with Crippen LogP contribution < -0.4 is 10.5 Å². The van der Waals surface area contributed by atoms with Crippen LogP contribution in [0.4, 0.5) is 10.2 Å². The van der Waals surface area contributed by atoms with Crippen LogP contribution in [-0.2, 0) is 0 Å². The lowest BCUT2D eigenvalue weighted by molar-refractivity contribution is 0.0946. The first-order chi connectivity index (χ1) is 12.1. The van der Waals surface area contributed by atoms with Crippen molar-refractivity contribution in [2.45, 2.75) is 0 Å². The lowest BCUT2D eigenvalue weighted by atomic mass is 10.1. The third-order valence-corrected chi connectivity index (χ3v) is 3.98. The summed E-state index contributed by atoms with van der Waals surface area (Å²) in [4.78, 5) is 17.1. The highest BCUT2D eigenvalue weighted by molar-refractivity contribution is 6.05. The van der Waals surface area contributed by atoms with Crippen molar-refractivity contribution < 1.29 is 13.9 Å². The number of pyridine rings is 1. The summed E-state index contributed by atoms with van der Waals surface area (Å²) < 4.78 is 20.2. The summed E-state index contributed by atoms with van der Waals surface area (Å²) in [5, 5.41) is 5.38. The zero-order valence-electron chi connectivity index (χ0n) is 13.2. The van der Waals surface area contributed by atoms with Crippen molar-refractivity contribution in [1.82, 2.24) is 14.8 Å². The number of carbonyl (C=O) groups excluding carboxylic acids is 1. The van der Waals surface area contributed by atoms with Crippen molar-refractivity contribution in [2.75, 3.05) is 12.8 Å². The van der Waals surface area contributed by atoms with E-state index in [0.717, 1.165) is 10.1 Å². The van der Waals surface area contributed by atoms with E-state index in [1.54, 1.807) is 31.4 Å². The van der Waals surface area contributed by atoms with Gasteiger partial charge in [-0.1, -0.05) is 12.1 Å². The molecule has 0 aliphatic rings. The number of benzene rings is 2. The molecule has 0 bridgehead atoms. The fraction of sp³-hybridized carbons (Fsp3) is 0.0556. The van der Waals surface area contributed by atoms with Gasteiger partial charge in [-0.3, -0.25) is 4.79 Å². The van der Waals surface area contributed by atoms with Gasteiger partial charge in [0.05, 0.1) is 23.6 Å². The second-order valence-electron chi connectivity index (χ2n) is 5.50. The van der Waals surface area contributed by atoms with Crippen molar-refractivity contribution in [2.24, 2.45) is 0 Å². The number of aromatic nitrogens is 3. The van der Waals surface area contributed by atoms with Crippen molar-refractivity contribution >= 4 is 33.7 Å². The number of hydrogen-bond acceptors (Lipinski definition) is 5. The van der Waals surface area contributed by atoms with E-state index in [9.17, 15) is 9.18 Å². The van der Waals surface area contributed by atoms with Gasteiger partial charge in [-0.05, 0) is 36.4 Å². The predicted octanol–water partition coefficient (Wildman–Crippen LogP) is 3.00. The normalized spacial score (nSPS) is 11.1. The lowest BCUT2D eigenvalue weighted by Gasteiger charge is -2.05. The fourth-order valence-corrected chi connectivity index (χ4v) is 2.72. The third-order valence-electron chi connectivity index (χ3n) is 3.98. The Morgan fingerprint density at radius 1 is 1.20 bits per heavy atom. The van der Waals surface area contributed by atoms with Gasteiger partial charge >= 0.3 is 0 Å². The molecule has 0 aliphatic heterocycles. The van der Waals surface area contributed by atoms with Crippen LogP contribution in [0, 0.1) is 5.82 Å². The topological polar surface area (TPSA) is 83.0 Å². The van der Waals surface area contributed by atoms with E-state index in [2.05, 4.69) is 10.1 Å². The number of nitrogens with zero attached hydrogens (tertiary/aromatic N) is 3. The minimum atomic E-state index is -0.625. The van der Waals surface area contributed by atoms with Crippen molar-refractivity contribution in [3.63, 3.8) is 0 Å². The second kappa shape index (κ2) is 5.55. The Hall–Kier alpha value is -3.48. The molecule has 2 aromatic carbocycles. The molecule has 4 aromatic rings. The summed E-state index contributed by atoms with van der Waals surface area (Å²) in [7, 11) is 1.58. The summed E-state index contributed by atoms with van der Waals surface area (Å²) in [5.74, 6) is -0.417. The molecule has 2 aromatic heterocycles. The largest absolute Gasteiger partial charge is 0.497 e. The molecule has 0 unspecified atom stereocenters. The molecule has 0 fully saturated rings. The highest BCUT2D eigenvalue weighted by atomic mass is 19.1. The molecular formula is C18H13FN4O2. The van der Waals surface area contributed by atoms with E-state index >= 15 is 0 Å². The van der Waals surface area contributed by atoms with Gasteiger partial charge in [0.1, 0.15) is 11.6 Å². The molecule has 2 heterocycles. The fourth-order valence-electron chi connectivity index (χ4n) is 2.72. The Labute approximate surface area is 141 Å². The zero-order valence-corrected chi connectivity index (χ0v) is 13.2. The van der Waals surface area contributed by atoms with Crippen LogP contribution >= 0.6 is 0 Å². The Bertz CT molecular complexity index is 1140. The first-order valence-corrected chi connectivity index (χ1v) is 7.50. The number of carbonyl (C=O) groups is 1. The summed E-state index contributed by atoms with van der Waals surface area (Å²) in [6.45, 7) is 0. The maximum atomic E-state index is 13.9. The maximum Gasteiger partial charge on any atom is 0.283 e. The van der Waals surface area contributed by atoms with Crippen LogP contribution in [0.25, 0.3) is 21.9 Å². The number of fused-ring (bicyclic) bond motifs is 2. The molecule has 6 nitrogen and oxygen atoms in total. The number of methoxy groups -OCH3 is 1. The maximum absolute atomic E-state index is 13.9. The van der Waals surface area contributed by atoms with Crippen LogP contribution in [0.15, 0.2) is 48.5 Å². The molecule has 0 radical (unpaired) electrons. The number of rotatable bonds is 2. The first kappa shape index (κ1) is 15.1. The molecule has 0 spiro atoms. The number of hydrogen-bond donors (Lipinski definition) is 1.